The minimum atomic E-state index is -4.33. The molecule has 0 unspecified atom stereocenters. The van der Waals surface area contributed by atoms with Gasteiger partial charge in [0.2, 0.25) is 0 Å². The second-order valence-corrected chi connectivity index (χ2v) is 7.35. The van der Waals surface area contributed by atoms with Gasteiger partial charge in [0.15, 0.2) is 0 Å². The zero-order valence-corrected chi connectivity index (χ0v) is 14.4. The molecule has 0 aliphatic rings. The first-order valence-corrected chi connectivity index (χ1v) is 9.00. The van der Waals surface area contributed by atoms with Crippen molar-refractivity contribution in [3.63, 3.8) is 0 Å². The van der Waals surface area contributed by atoms with Crippen molar-refractivity contribution in [2.24, 2.45) is 0 Å². The number of rotatable bonds is 0. The van der Waals surface area contributed by atoms with E-state index in [1.54, 1.807) is 0 Å². The molecule has 0 heterocycles. The fourth-order valence-electron chi connectivity index (χ4n) is 0. The van der Waals surface area contributed by atoms with Gasteiger partial charge >= 0.3 is 34.7 Å². The summed E-state index contributed by atoms with van der Waals surface area (Å²) >= 11 is 9.73. The predicted molar refractivity (Wildman–Crippen MR) is 51.2 cm³/mol. The van der Waals surface area contributed by atoms with Crippen LogP contribution < -0.4 is 0 Å². The minimum absolute atomic E-state index is 0. The maximum absolute atomic E-state index is 8.89. The SMILES string of the molecule is O=S([O-])([O-])=S.O=S([O-])([O-])=S.O=S([O-])([O-])=S.[Cr+3].[Cr+3]. The Hall–Kier alpha value is 1.93. The van der Waals surface area contributed by atoms with Gasteiger partial charge in [-0.25, -0.2) is 0 Å². The third kappa shape index (κ3) is 1220. The molecule has 0 saturated heterocycles. The molecule has 0 N–H and O–H groups in total. The van der Waals surface area contributed by atoms with Gasteiger partial charge in [-0.1, -0.05) is 0 Å². The summed E-state index contributed by atoms with van der Waals surface area (Å²) in [5, 5.41) is 0. The summed E-state index contributed by atoms with van der Waals surface area (Å²) in [6, 6.07) is 0. The number of hydrogen-bond donors (Lipinski definition) is 0. The molecule has 0 saturated carbocycles. The molecular weight excluding hydrogens is 440 g/mol. The van der Waals surface area contributed by atoms with Crippen molar-refractivity contribution in [2.75, 3.05) is 0 Å². The van der Waals surface area contributed by atoms with Crippen LogP contribution in [0.2, 0.25) is 0 Å². The average molecular weight is 440 g/mol. The molecule has 0 aromatic heterocycles. The molecule has 0 aromatic rings. The van der Waals surface area contributed by atoms with Crippen LogP contribution in [-0.2, 0) is 95.4 Å². The molecule has 2 radical (unpaired) electrons. The first-order chi connectivity index (χ1) is 6.00. The summed E-state index contributed by atoms with van der Waals surface area (Å²) in [4.78, 5) is 0. The molecule has 17 heteroatoms. The van der Waals surface area contributed by atoms with E-state index in [-0.39, 0.29) is 34.7 Å². The third-order valence-electron chi connectivity index (χ3n) is 0. The predicted octanol–water partition coefficient (Wildman–Crippen LogP) is -3.02. The van der Waals surface area contributed by atoms with Crippen LogP contribution in [-0.4, -0.2) is 39.9 Å². The van der Waals surface area contributed by atoms with Crippen molar-refractivity contribution in [3.8, 4) is 0 Å². The zero-order valence-electron chi connectivity index (χ0n) is 6.94. The van der Waals surface area contributed by atoms with Gasteiger partial charge in [-0.05, 0) is 33.6 Å². The second-order valence-electron chi connectivity index (χ2n) is 1.22. The normalized spacial score (nSPS) is 10.2. The van der Waals surface area contributed by atoms with Crippen LogP contribution in [0.1, 0.15) is 0 Å². The quantitative estimate of drug-likeness (QED) is 0.371. The molecule has 0 aliphatic carbocycles. The molecule has 0 bridgehead atoms. The fourth-order valence-corrected chi connectivity index (χ4v) is 0. The van der Waals surface area contributed by atoms with Crippen LogP contribution in [0.15, 0.2) is 0 Å². The van der Waals surface area contributed by atoms with Crippen molar-refractivity contribution < 1.29 is 74.7 Å². The standard InChI is InChI=1S/2Cr.3H2O3S2/c;;3*1-5(2,3)4/h;;3*(H2,1,2,3,4)/q2*+3;;;/p-6. The summed E-state index contributed by atoms with van der Waals surface area (Å²) in [5.74, 6) is 0. The van der Waals surface area contributed by atoms with Gasteiger partial charge in [-0.3, -0.25) is 12.6 Å². The third-order valence-corrected chi connectivity index (χ3v) is 0. The monoisotopic (exact) mass is 440 g/mol. The van der Waals surface area contributed by atoms with Gasteiger partial charge in [-0.15, -0.1) is 27.2 Å². The molecule has 0 amide bonds. The Kier molecular flexibility index (Phi) is 23.9. The van der Waals surface area contributed by atoms with E-state index in [1.165, 1.54) is 0 Å². The topological polar surface area (TPSA) is 190 Å². The van der Waals surface area contributed by atoms with E-state index in [2.05, 4.69) is 33.6 Å². The van der Waals surface area contributed by atoms with Crippen LogP contribution in [0, 0.1) is 0 Å². The molecular formula is Cr2O9S6. The summed E-state index contributed by atoms with van der Waals surface area (Å²) in [6.45, 7) is 0. The van der Waals surface area contributed by atoms with Crippen LogP contribution in [0.5, 0.6) is 0 Å². The molecule has 0 aliphatic heterocycles. The van der Waals surface area contributed by atoms with E-state index < -0.39 is 27.2 Å². The van der Waals surface area contributed by atoms with Crippen molar-refractivity contribution >= 4 is 60.7 Å². The fraction of sp³-hybridized carbons (Fsp3) is 0. The molecule has 102 valence electrons. The smallest absolute Gasteiger partial charge is 0.780 e. The van der Waals surface area contributed by atoms with Gasteiger partial charge in [0.1, 0.15) is 0 Å². The average Bonchev–Trinajstić information content (AvgIpc) is 1.41. The summed E-state index contributed by atoms with van der Waals surface area (Å²) in [7, 11) is -13.0. The van der Waals surface area contributed by atoms with Gasteiger partial charge in [0.25, 0.3) is 0 Å². The van der Waals surface area contributed by atoms with E-state index in [1.807, 2.05) is 0 Å². The van der Waals surface area contributed by atoms with Crippen LogP contribution in [0.4, 0.5) is 0 Å². The molecule has 0 atom stereocenters. The Bertz CT molecular complexity index is 344. The first-order valence-electron chi connectivity index (χ1n) is 2.00. The van der Waals surface area contributed by atoms with Gasteiger partial charge in [0.05, 0.1) is 0 Å². The van der Waals surface area contributed by atoms with Crippen LogP contribution in [0.3, 0.4) is 0 Å². The Labute approximate surface area is 134 Å². The second kappa shape index (κ2) is 12.9. The van der Waals surface area contributed by atoms with Gasteiger partial charge in [0, 0.05) is 0 Å². The molecule has 0 rings (SSSR count). The van der Waals surface area contributed by atoms with Crippen molar-refractivity contribution in [3.05, 3.63) is 0 Å². The molecule has 17 heavy (non-hydrogen) atoms. The van der Waals surface area contributed by atoms with E-state index in [9.17, 15) is 0 Å². The summed E-state index contributed by atoms with van der Waals surface area (Å²) < 4.78 is 80.0. The summed E-state index contributed by atoms with van der Waals surface area (Å²) in [6.07, 6.45) is 0. The maximum atomic E-state index is 8.89. The Morgan fingerprint density at radius 2 is 0.529 bits per heavy atom. The molecule has 9 nitrogen and oxygen atoms in total. The maximum Gasteiger partial charge on any atom is 3.00 e. The van der Waals surface area contributed by atoms with Crippen LogP contribution in [0.25, 0.3) is 0 Å². The molecule has 0 aromatic carbocycles. The minimum Gasteiger partial charge on any atom is -0.780 e. The molecule has 0 spiro atoms. The Morgan fingerprint density at radius 1 is 0.529 bits per heavy atom. The molecule has 0 fully saturated rings. The van der Waals surface area contributed by atoms with Gasteiger partial charge in [-0.2, -0.15) is 0 Å². The van der Waals surface area contributed by atoms with E-state index in [4.69, 9.17) is 39.9 Å². The van der Waals surface area contributed by atoms with E-state index >= 15 is 0 Å². The Balaban J connectivity index is -0.0000000400. The zero-order chi connectivity index (χ0) is 13.5. The van der Waals surface area contributed by atoms with Gasteiger partial charge < -0.3 is 27.3 Å². The van der Waals surface area contributed by atoms with Crippen LogP contribution >= 0.6 is 0 Å². The summed E-state index contributed by atoms with van der Waals surface area (Å²) in [5.41, 5.74) is 0. The number of hydrogen-bond acceptors (Lipinski definition) is 12. The van der Waals surface area contributed by atoms with Crippen molar-refractivity contribution in [1.29, 1.82) is 0 Å². The van der Waals surface area contributed by atoms with Crippen molar-refractivity contribution in [1.82, 2.24) is 0 Å². The van der Waals surface area contributed by atoms with E-state index in [0.29, 0.717) is 0 Å². The van der Waals surface area contributed by atoms with Crippen molar-refractivity contribution in [2.45, 2.75) is 0 Å². The first kappa shape index (κ1) is 31.4. The largest absolute Gasteiger partial charge is 3.00 e. The van der Waals surface area contributed by atoms with E-state index in [0.717, 1.165) is 0 Å². The Morgan fingerprint density at radius 3 is 0.529 bits per heavy atom.